The molecule has 0 amide bonds. The molecule has 0 bridgehead atoms. The lowest BCUT2D eigenvalue weighted by Gasteiger charge is -2.04. The summed E-state index contributed by atoms with van der Waals surface area (Å²) < 4.78 is 17.9. The topological polar surface area (TPSA) is 72.0 Å². The van der Waals surface area contributed by atoms with E-state index in [1.54, 1.807) is 0 Å². The third-order valence-corrected chi connectivity index (χ3v) is 2.32. The summed E-state index contributed by atoms with van der Waals surface area (Å²) in [5.74, 6) is -1.20. The molecule has 1 aromatic carbocycles. The van der Waals surface area contributed by atoms with Gasteiger partial charge in [0.05, 0.1) is 12.7 Å². The van der Waals surface area contributed by atoms with Gasteiger partial charge in [-0.05, 0) is 23.8 Å². The highest BCUT2D eigenvalue weighted by atomic mass is 19.1. The van der Waals surface area contributed by atoms with Crippen LogP contribution in [-0.4, -0.2) is 23.0 Å². The summed E-state index contributed by atoms with van der Waals surface area (Å²) in [6.07, 6.45) is 2.69. The molecule has 0 aliphatic carbocycles. The first-order valence-corrected chi connectivity index (χ1v) is 5.04. The van der Waals surface area contributed by atoms with Crippen LogP contribution in [0.25, 0.3) is 11.1 Å². The smallest absolute Gasteiger partial charge is 0.344 e. The number of H-pyrrole nitrogens is 1. The van der Waals surface area contributed by atoms with Crippen LogP contribution >= 0.6 is 0 Å². The van der Waals surface area contributed by atoms with Crippen molar-refractivity contribution in [2.45, 2.75) is 0 Å². The number of aromatic nitrogens is 2. The van der Waals surface area contributed by atoms with Crippen molar-refractivity contribution in [1.82, 2.24) is 9.97 Å². The number of carbonyl (C=O) groups excluding carboxylic acids is 1. The van der Waals surface area contributed by atoms with Crippen molar-refractivity contribution < 1.29 is 13.9 Å². The number of carbonyl (C=O) groups is 1. The maximum Gasteiger partial charge on any atom is 0.344 e. The van der Waals surface area contributed by atoms with Crippen molar-refractivity contribution in [3.05, 3.63) is 52.5 Å². The van der Waals surface area contributed by atoms with Crippen LogP contribution < -0.4 is 5.69 Å². The predicted molar refractivity (Wildman–Crippen MR) is 61.6 cm³/mol. The highest BCUT2D eigenvalue weighted by Gasteiger charge is 2.10. The zero-order valence-corrected chi connectivity index (χ0v) is 9.44. The fourth-order valence-corrected chi connectivity index (χ4v) is 1.49. The normalized spacial score (nSPS) is 10.1. The van der Waals surface area contributed by atoms with Gasteiger partial charge in [0.2, 0.25) is 0 Å². The number of halogens is 1. The Morgan fingerprint density at radius 2 is 2.11 bits per heavy atom. The molecule has 92 valence electrons. The molecule has 18 heavy (non-hydrogen) atoms. The number of rotatable bonds is 2. The summed E-state index contributed by atoms with van der Waals surface area (Å²) in [5.41, 5.74) is 0.528. The SMILES string of the molecule is COC(=O)c1cc(F)cc(-c2cnc(=O)[nH]c2)c1. The Kier molecular flexibility index (Phi) is 3.18. The first-order valence-electron chi connectivity index (χ1n) is 5.04. The van der Waals surface area contributed by atoms with E-state index >= 15 is 0 Å². The summed E-state index contributed by atoms with van der Waals surface area (Å²) in [7, 11) is 1.22. The van der Waals surface area contributed by atoms with Gasteiger partial charge in [-0.25, -0.2) is 19.0 Å². The summed E-state index contributed by atoms with van der Waals surface area (Å²) in [4.78, 5) is 28.1. The van der Waals surface area contributed by atoms with Crippen LogP contribution in [0.15, 0.2) is 35.4 Å². The molecular weight excluding hydrogens is 239 g/mol. The van der Waals surface area contributed by atoms with E-state index in [4.69, 9.17) is 0 Å². The molecule has 1 aromatic heterocycles. The van der Waals surface area contributed by atoms with Crippen molar-refractivity contribution in [2.75, 3.05) is 7.11 Å². The van der Waals surface area contributed by atoms with Gasteiger partial charge in [-0.1, -0.05) is 0 Å². The molecule has 6 heteroatoms. The summed E-state index contributed by atoms with van der Waals surface area (Å²) in [6.45, 7) is 0. The molecule has 0 aliphatic rings. The quantitative estimate of drug-likeness (QED) is 0.814. The molecule has 0 atom stereocenters. The lowest BCUT2D eigenvalue weighted by molar-refractivity contribution is 0.0600. The lowest BCUT2D eigenvalue weighted by atomic mass is 10.1. The van der Waals surface area contributed by atoms with E-state index in [1.807, 2.05) is 0 Å². The molecule has 0 aliphatic heterocycles. The van der Waals surface area contributed by atoms with Gasteiger partial charge in [-0.15, -0.1) is 0 Å². The second kappa shape index (κ2) is 4.79. The van der Waals surface area contributed by atoms with Gasteiger partial charge in [0.25, 0.3) is 0 Å². The molecule has 2 aromatic rings. The second-order valence-corrected chi connectivity index (χ2v) is 3.53. The molecule has 1 heterocycles. The monoisotopic (exact) mass is 248 g/mol. The average Bonchev–Trinajstić information content (AvgIpc) is 2.38. The third-order valence-electron chi connectivity index (χ3n) is 2.32. The number of ether oxygens (including phenoxy) is 1. The van der Waals surface area contributed by atoms with E-state index in [2.05, 4.69) is 14.7 Å². The first kappa shape index (κ1) is 12.0. The van der Waals surface area contributed by atoms with Gasteiger partial charge in [-0.3, -0.25) is 0 Å². The minimum atomic E-state index is -0.631. The summed E-state index contributed by atoms with van der Waals surface area (Å²) in [6, 6.07) is 3.78. The number of nitrogens with one attached hydrogen (secondary N) is 1. The zero-order chi connectivity index (χ0) is 13.1. The molecule has 0 saturated heterocycles. The van der Waals surface area contributed by atoms with Crippen molar-refractivity contribution >= 4 is 5.97 Å². The standard InChI is InChI=1S/C12H9FN2O3/c1-18-11(16)8-2-7(3-10(13)4-8)9-5-14-12(17)15-6-9/h2-6H,1H3,(H,14,15,17). The van der Waals surface area contributed by atoms with E-state index in [0.29, 0.717) is 11.1 Å². The Morgan fingerprint density at radius 3 is 2.72 bits per heavy atom. The third kappa shape index (κ3) is 2.42. The largest absolute Gasteiger partial charge is 0.465 e. The molecule has 0 spiro atoms. The van der Waals surface area contributed by atoms with Gasteiger partial charge in [0.1, 0.15) is 5.82 Å². The van der Waals surface area contributed by atoms with Crippen molar-refractivity contribution in [1.29, 1.82) is 0 Å². The number of hydrogen-bond donors (Lipinski definition) is 1. The molecule has 5 nitrogen and oxygen atoms in total. The number of hydrogen-bond acceptors (Lipinski definition) is 4. The van der Waals surface area contributed by atoms with Crippen molar-refractivity contribution in [3.63, 3.8) is 0 Å². The number of nitrogens with zero attached hydrogens (tertiary/aromatic N) is 1. The van der Waals surface area contributed by atoms with Crippen LogP contribution in [0.3, 0.4) is 0 Å². The fourth-order valence-electron chi connectivity index (χ4n) is 1.49. The Balaban J connectivity index is 2.51. The maximum atomic E-state index is 13.4. The van der Waals surface area contributed by atoms with Crippen molar-refractivity contribution in [2.24, 2.45) is 0 Å². The minimum Gasteiger partial charge on any atom is -0.465 e. The van der Waals surface area contributed by atoms with Crippen LogP contribution in [0.2, 0.25) is 0 Å². The highest BCUT2D eigenvalue weighted by Crippen LogP contribution is 2.20. The minimum absolute atomic E-state index is 0.0960. The van der Waals surface area contributed by atoms with E-state index in [9.17, 15) is 14.0 Å². The summed E-state index contributed by atoms with van der Waals surface area (Å²) in [5, 5.41) is 0. The van der Waals surface area contributed by atoms with Gasteiger partial charge >= 0.3 is 11.7 Å². The zero-order valence-electron chi connectivity index (χ0n) is 9.44. The fraction of sp³-hybridized carbons (Fsp3) is 0.0833. The molecule has 2 rings (SSSR count). The Labute approximate surface area is 101 Å². The van der Waals surface area contributed by atoms with Crippen molar-refractivity contribution in [3.8, 4) is 11.1 Å². The molecule has 0 unspecified atom stereocenters. The van der Waals surface area contributed by atoms with E-state index in [-0.39, 0.29) is 5.56 Å². The predicted octanol–water partition coefficient (Wildman–Crippen LogP) is 1.36. The molecule has 0 fully saturated rings. The second-order valence-electron chi connectivity index (χ2n) is 3.53. The number of benzene rings is 1. The molecule has 0 radical (unpaired) electrons. The van der Waals surface area contributed by atoms with Gasteiger partial charge in [0, 0.05) is 18.0 Å². The van der Waals surface area contributed by atoms with Crippen LogP contribution in [-0.2, 0) is 4.74 Å². The van der Waals surface area contributed by atoms with E-state index in [1.165, 1.54) is 31.6 Å². The lowest BCUT2D eigenvalue weighted by Crippen LogP contribution is -2.08. The van der Waals surface area contributed by atoms with Gasteiger partial charge in [0.15, 0.2) is 0 Å². The Bertz CT molecular complexity index is 632. The van der Waals surface area contributed by atoms with Crippen LogP contribution in [0.5, 0.6) is 0 Å². The Hall–Kier alpha value is -2.50. The van der Waals surface area contributed by atoms with Gasteiger partial charge < -0.3 is 9.72 Å². The van der Waals surface area contributed by atoms with Gasteiger partial charge in [-0.2, -0.15) is 0 Å². The molecule has 0 saturated carbocycles. The van der Waals surface area contributed by atoms with E-state index < -0.39 is 17.5 Å². The van der Waals surface area contributed by atoms with E-state index in [0.717, 1.165) is 6.07 Å². The number of esters is 1. The number of methoxy groups -OCH3 is 1. The maximum absolute atomic E-state index is 13.4. The molecule has 1 N–H and O–H groups in total. The summed E-state index contributed by atoms with van der Waals surface area (Å²) >= 11 is 0. The first-order chi connectivity index (χ1) is 8.60. The number of aromatic amines is 1. The highest BCUT2D eigenvalue weighted by molar-refractivity contribution is 5.90. The van der Waals surface area contributed by atoms with Crippen LogP contribution in [0, 0.1) is 5.82 Å². The van der Waals surface area contributed by atoms with Crippen LogP contribution in [0.1, 0.15) is 10.4 Å². The Morgan fingerprint density at radius 1 is 1.33 bits per heavy atom. The van der Waals surface area contributed by atoms with Crippen LogP contribution in [0.4, 0.5) is 4.39 Å². The average molecular weight is 248 g/mol. The molecular formula is C12H9FN2O3.